The summed E-state index contributed by atoms with van der Waals surface area (Å²) in [4.78, 5) is 0. The first-order chi connectivity index (χ1) is 10.2. The first kappa shape index (κ1) is 12.9. The number of nitrogens with zero attached hydrogens (tertiary/aromatic N) is 3. The molecule has 0 aliphatic heterocycles. The number of benzene rings is 2. The monoisotopic (exact) mass is 274 g/mol. The minimum absolute atomic E-state index is 0.335. The maximum absolute atomic E-state index is 9.35. The zero-order valence-electron chi connectivity index (χ0n) is 11.6. The molecular weight excluding hydrogens is 260 g/mol. The highest BCUT2D eigenvalue weighted by atomic mass is 15.3. The van der Waals surface area contributed by atoms with Crippen molar-refractivity contribution in [3.05, 3.63) is 65.9 Å². The highest BCUT2D eigenvalue weighted by molar-refractivity contribution is 5.80. The molecule has 0 saturated carbocycles. The number of para-hydroxylation sites is 1. The number of hydrogen-bond acceptors (Lipinski definition) is 3. The molecule has 0 saturated heterocycles. The van der Waals surface area contributed by atoms with Crippen LogP contribution in [0.2, 0.25) is 0 Å². The summed E-state index contributed by atoms with van der Waals surface area (Å²) >= 11 is 0. The lowest BCUT2D eigenvalue weighted by Crippen LogP contribution is -2.01. The third-order valence-corrected chi connectivity index (χ3v) is 3.33. The van der Waals surface area contributed by atoms with Crippen molar-refractivity contribution < 1.29 is 0 Å². The fourth-order valence-electron chi connectivity index (χ4n) is 2.36. The molecule has 1 aromatic heterocycles. The summed E-state index contributed by atoms with van der Waals surface area (Å²) in [5, 5.41) is 13.7. The van der Waals surface area contributed by atoms with E-state index < -0.39 is 0 Å². The lowest BCUT2D eigenvalue weighted by molar-refractivity contribution is 0.883. The molecule has 0 aliphatic rings. The van der Waals surface area contributed by atoms with Crippen LogP contribution in [0.5, 0.6) is 0 Å². The predicted octanol–water partition coefficient (Wildman–Crippen LogP) is 3.30. The summed E-state index contributed by atoms with van der Waals surface area (Å²) in [7, 11) is 0. The Morgan fingerprint density at radius 2 is 1.86 bits per heavy atom. The van der Waals surface area contributed by atoms with Crippen molar-refractivity contribution >= 4 is 5.82 Å². The van der Waals surface area contributed by atoms with Gasteiger partial charge in [-0.15, -0.1) is 0 Å². The van der Waals surface area contributed by atoms with E-state index in [-0.39, 0.29) is 0 Å². The zero-order valence-corrected chi connectivity index (χ0v) is 11.6. The maximum atomic E-state index is 9.35. The highest BCUT2D eigenvalue weighted by Crippen LogP contribution is 2.31. The van der Waals surface area contributed by atoms with E-state index in [4.69, 9.17) is 5.73 Å². The van der Waals surface area contributed by atoms with Crippen LogP contribution in [-0.4, -0.2) is 9.78 Å². The van der Waals surface area contributed by atoms with Gasteiger partial charge < -0.3 is 5.73 Å². The van der Waals surface area contributed by atoms with Crippen molar-refractivity contribution in [1.82, 2.24) is 9.78 Å². The third kappa shape index (κ3) is 2.26. The summed E-state index contributed by atoms with van der Waals surface area (Å²) in [5.41, 5.74) is 10.1. The molecule has 1 heterocycles. The second-order valence-corrected chi connectivity index (χ2v) is 4.84. The first-order valence-corrected chi connectivity index (χ1v) is 6.62. The van der Waals surface area contributed by atoms with Crippen molar-refractivity contribution in [2.24, 2.45) is 0 Å². The minimum atomic E-state index is 0.335. The van der Waals surface area contributed by atoms with E-state index in [0.29, 0.717) is 17.1 Å². The molecule has 4 heteroatoms. The van der Waals surface area contributed by atoms with E-state index in [9.17, 15) is 5.26 Å². The maximum Gasteiger partial charge on any atom is 0.172 e. The number of aryl methyl sites for hydroxylation is 1. The molecule has 2 N–H and O–H groups in total. The van der Waals surface area contributed by atoms with Gasteiger partial charge in [-0.05, 0) is 24.6 Å². The first-order valence-electron chi connectivity index (χ1n) is 6.62. The standard InChI is InChI=1S/C17H14N4/c1-12-6-5-7-13(10-12)16-15(11-18)20-21(17(16)19)14-8-3-2-4-9-14/h2-10H,19H2,1H3. The normalized spacial score (nSPS) is 10.3. The number of anilines is 1. The summed E-state index contributed by atoms with van der Waals surface area (Å²) in [6.07, 6.45) is 0. The van der Waals surface area contributed by atoms with E-state index in [1.165, 1.54) is 0 Å². The Bertz CT molecular complexity index is 826. The lowest BCUT2D eigenvalue weighted by atomic mass is 10.0. The topological polar surface area (TPSA) is 67.6 Å². The Morgan fingerprint density at radius 1 is 1.10 bits per heavy atom. The van der Waals surface area contributed by atoms with Crippen LogP contribution in [0.3, 0.4) is 0 Å². The molecule has 3 rings (SSSR count). The molecule has 4 nitrogen and oxygen atoms in total. The van der Waals surface area contributed by atoms with Gasteiger partial charge in [0.05, 0.1) is 11.3 Å². The van der Waals surface area contributed by atoms with Gasteiger partial charge in [-0.3, -0.25) is 0 Å². The Balaban J connectivity index is 2.23. The molecule has 0 aliphatic carbocycles. The Hall–Kier alpha value is -3.06. The van der Waals surface area contributed by atoms with E-state index in [1.807, 2.05) is 61.5 Å². The van der Waals surface area contributed by atoms with Gasteiger partial charge in [-0.25, -0.2) is 4.68 Å². The fraction of sp³-hybridized carbons (Fsp3) is 0.0588. The van der Waals surface area contributed by atoms with Crippen LogP contribution in [-0.2, 0) is 0 Å². The van der Waals surface area contributed by atoms with Gasteiger partial charge >= 0.3 is 0 Å². The van der Waals surface area contributed by atoms with Crippen LogP contribution in [0.25, 0.3) is 16.8 Å². The van der Waals surface area contributed by atoms with Gasteiger partial charge in [0.1, 0.15) is 11.9 Å². The highest BCUT2D eigenvalue weighted by Gasteiger charge is 2.18. The second-order valence-electron chi connectivity index (χ2n) is 4.84. The number of nitriles is 1. The summed E-state index contributed by atoms with van der Waals surface area (Å²) in [5.74, 6) is 0.475. The van der Waals surface area contributed by atoms with Gasteiger partial charge in [0.15, 0.2) is 5.69 Å². The molecule has 2 aromatic carbocycles. The van der Waals surface area contributed by atoms with Crippen LogP contribution in [0.4, 0.5) is 5.82 Å². The Kier molecular flexibility index (Phi) is 3.17. The van der Waals surface area contributed by atoms with E-state index in [0.717, 1.165) is 16.8 Å². The minimum Gasteiger partial charge on any atom is -0.383 e. The zero-order chi connectivity index (χ0) is 14.8. The Labute approximate surface area is 123 Å². The van der Waals surface area contributed by atoms with Crippen LogP contribution in [0.15, 0.2) is 54.6 Å². The average Bonchev–Trinajstić information content (AvgIpc) is 2.85. The van der Waals surface area contributed by atoms with Crippen molar-refractivity contribution in [3.63, 3.8) is 0 Å². The molecule has 0 atom stereocenters. The number of nitrogen functional groups attached to an aromatic ring is 1. The van der Waals surface area contributed by atoms with Gasteiger partial charge in [0.25, 0.3) is 0 Å². The predicted molar refractivity (Wildman–Crippen MR) is 82.9 cm³/mol. The molecule has 102 valence electrons. The van der Waals surface area contributed by atoms with Gasteiger partial charge in [0, 0.05) is 0 Å². The lowest BCUT2D eigenvalue weighted by Gasteiger charge is -2.05. The van der Waals surface area contributed by atoms with Gasteiger partial charge in [-0.1, -0.05) is 48.0 Å². The van der Waals surface area contributed by atoms with Crippen LogP contribution >= 0.6 is 0 Å². The smallest absolute Gasteiger partial charge is 0.172 e. The fourth-order valence-corrected chi connectivity index (χ4v) is 2.36. The number of rotatable bonds is 2. The third-order valence-electron chi connectivity index (χ3n) is 3.33. The molecule has 0 amide bonds. The number of aromatic nitrogens is 2. The molecule has 3 aromatic rings. The SMILES string of the molecule is Cc1cccc(-c2c(C#N)nn(-c3ccccc3)c2N)c1. The molecule has 0 spiro atoms. The van der Waals surface area contributed by atoms with Crippen LogP contribution < -0.4 is 5.73 Å². The van der Waals surface area contributed by atoms with Gasteiger partial charge in [-0.2, -0.15) is 10.4 Å². The van der Waals surface area contributed by atoms with E-state index in [2.05, 4.69) is 11.2 Å². The van der Waals surface area contributed by atoms with Crippen molar-refractivity contribution in [2.45, 2.75) is 6.92 Å². The molecular formula is C17H14N4. The van der Waals surface area contributed by atoms with Crippen LogP contribution in [0.1, 0.15) is 11.3 Å². The van der Waals surface area contributed by atoms with E-state index >= 15 is 0 Å². The van der Waals surface area contributed by atoms with Crippen molar-refractivity contribution in [3.8, 4) is 22.9 Å². The van der Waals surface area contributed by atoms with Crippen LogP contribution in [0, 0.1) is 18.3 Å². The van der Waals surface area contributed by atoms with Gasteiger partial charge in [0.2, 0.25) is 0 Å². The average molecular weight is 274 g/mol. The molecule has 21 heavy (non-hydrogen) atoms. The van der Waals surface area contributed by atoms with Crippen molar-refractivity contribution in [1.29, 1.82) is 5.26 Å². The largest absolute Gasteiger partial charge is 0.383 e. The second kappa shape index (κ2) is 5.14. The van der Waals surface area contributed by atoms with Crippen molar-refractivity contribution in [2.75, 3.05) is 5.73 Å². The summed E-state index contributed by atoms with van der Waals surface area (Å²) in [6.45, 7) is 2.01. The molecule has 0 fully saturated rings. The number of hydrogen-bond donors (Lipinski definition) is 1. The summed E-state index contributed by atoms with van der Waals surface area (Å²) < 4.78 is 1.61. The molecule has 0 radical (unpaired) electrons. The van der Waals surface area contributed by atoms with E-state index in [1.54, 1.807) is 4.68 Å². The number of nitrogens with two attached hydrogens (primary N) is 1. The molecule has 0 unspecified atom stereocenters. The molecule has 0 bridgehead atoms. The Morgan fingerprint density at radius 3 is 2.52 bits per heavy atom. The summed E-state index contributed by atoms with van der Waals surface area (Å²) in [6, 6.07) is 19.6. The quantitative estimate of drug-likeness (QED) is 0.779.